The highest BCUT2D eigenvalue weighted by Gasteiger charge is 2.28. The van der Waals surface area contributed by atoms with Crippen LogP contribution in [0.25, 0.3) is 0 Å². The summed E-state index contributed by atoms with van der Waals surface area (Å²) < 4.78 is 0. The van der Waals surface area contributed by atoms with Crippen molar-refractivity contribution in [2.45, 2.75) is 11.7 Å². The third kappa shape index (κ3) is 2.92. The molecule has 0 saturated carbocycles. The second-order valence-electron chi connectivity index (χ2n) is 5.37. The molecule has 0 aromatic heterocycles. The lowest BCUT2D eigenvalue weighted by Crippen LogP contribution is -2.30. The van der Waals surface area contributed by atoms with E-state index in [2.05, 4.69) is 48.5 Å². The Morgan fingerprint density at radius 3 is 1.38 bits per heavy atom. The van der Waals surface area contributed by atoms with E-state index in [9.17, 15) is 0 Å². The van der Waals surface area contributed by atoms with Crippen molar-refractivity contribution in [3.05, 3.63) is 108 Å². The molecule has 0 bridgehead atoms. The van der Waals surface area contributed by atoms with Crippen molar-refractivity contribution in [2.24, 2.45) is 0 Å². The summed E-state index contributed by atoms with van der Waals surface area (Å²) in [5.74, 6) is 0. The first-order valence-corrected chi connectivity index (χ1v) is 7.23. The standard InChI is InChI=1S/C20H17B/c21-20(18-12-6-2-7-13-18,19-14-8-3-9-15-19)16-17-10-4-1-5-11-17/h1-15H,16H2. The molecule has 0 fully saturated rings. The summed E-state index contributed by atoms with van der Waals surface area (Å²) in [5.41, 5.74) is 3.52. The monoisotopic (exact) mass is 268 g/mol. The normalized spacial score (nSPS) is 11.2. The molecule has 1 heteroatoms. The maximum Gasteiger partial charge on any atom is 0.0879 e. The fraction of sp³-hybridized carbons (Fsp3) is 0.100. The summed E-state index contributed by atoms with van der Waals surface area (Å²) in [7, 11) is 6.87. The third-order valence-electron chi connectivity index (χ3n) is 3.90. The Kier molecular flexibility index (Phi) is 3.92. The van der Waals surface area contributed by atoms with Gasteiger partial charge in [-0.3, -0.25) is 0 Å². The molecule has 0 aliphatic rings. The van der Waals surface area contributed by atoms with E-state index in [1.54, 1.807) is 0 Å². The summed E-state index contributed by atoms with van der Waals surface area (Å²) >= 11 is 0. The fourth-order valence-corrected chi connectivity index (χ4v) is 2.76. The Morgan fingerprint density at radius 2 is 0.952 bits per heavy atom. The molecule has 0 saturated heterocycles. The molecular weight excluding hydrogens is 251 g/mol. The molecule has 0 unspecified atom stereocenters. The van der Waals surface area contributed by atoms with E-state index in [4.69, 9.17) is 7.85 Å². The van der Waals surface area contributed by atoms with Gasteiger partial charge in [0.15, 0.2) is 0 Å². The summed E-state index contributed by atoms with van der Waals surface area (Å²) in [6.45, 7) is 0. The number of hydrogen-bond donors (Lipinski definition) is 0. The lowest BCUT2D eigenvalue weighted by Gasteiger charge is -2.32. The zero-order valence-corrected chi connectivity index (χ0v) is 11.9. The van der Waals surface area contributed by atoms with Gasteiger partial charge in [-0.1, -0.05) is 91.0 Å². The van der Waals surface area contributed by atoms with Crippen molar-refractivity contribution in [3.63, 3.8) is 0 Å². The first-order valence-electron chi connectivity index (χ1n) is 7.23. The van der Waals surface area contributed by atoms with Gasteiger partial charge in [-0.25, -0.2) is 0 Å². The molecule has 0 atom stereocenters. The van der Waals surface area contributed by atoms with Gasteiger partial charge < -0.3 is 0 Å². The predicted octanol–water partition coefficient (Wildman–Crippen LogP) is 4.34. The second-order valence-corrected chi connectivity index (χ2v) is 5.37. The van der Waals surface area contributed by atoms with Crippen LogP contribution in [0.4, 0.5) is 0 Å². The molecule has 0 amide bonds. The van der Waals surface area contributed by atoms with Crippen LogP contribution in [0.2, 0.25) is 0 Å². The van der Waals surface area contributed by atoms with Crippen molar-refractivity contribution in [2.75, 3.05) is 0 Å². The molecule has 0 aliphatic carbocycles. The van der Waals surface area contributed by atoms with Gasteiger partial charge in [-0.2, -0.15) is 0 Å². The quantitative estimate of drug-likeness (QED) is 0.617. The molecule has 3 aromatic carbocycles. The second kappa shape index (κ2) is 6.01. The van der Waals surface area contributed by atoms with Crippen LogP contribution in [0.15, 0.2) is 91.0 Å². The SMILES string of the molecule is [B]C(Cc1ccccc1)(c1ccccc1)c1ccccc1. The largest absolute Gasteiger partial charge is 0.0879 e. The summed E-state index contributed by atoms with van der Waals surface area (Å²) in [6.07, 6.45) is 0.780. The maximum absolute atomic E-state index is 6.87. The van der Waals surface area contributed by atoms with Crippen LogP contribution in [-0.2, 0) is 11.7 Å². The first-order chi connectivity index (χ1) is 10.3. The van der Waals surface area contributed by atoms with Gasteiger partial charge in [0.25, 0.3) is 0 Å². The van der Waals surface area contributed by atoms with E-state index in [0.717, 1.165) is 17.5 Å². The van der Waals surface area contributed by atoms with E-state index < -0.39 is 5.31 Å². The molecule has 21 heavy (non-hydrogen) atoms. The van der Waals surface area contributed by atoms with Gasteiger partial charge in [0.1, 0.15) is 0 Å². The van der Waals surface area contributed by atoms with Crippen molar-refractivity contribution < 1.29 is 0 Å². The highest BCUT2D eigenvalue weighted by molar-refractivity contribution is 6.18. The van der Waals surface area contributed by atoms with Gasteiger partial charge in [0.2, 0.25) is 0 Å². The molecule has 3 rings (SSSR count). The first kappa shape index (κ1) is 13.7. The minimum Gasteiger partial charge on any atom is -0.0622 e. The molecule has 0 aliphatic heterocycles. The molecular formula is C20H17B. The summed E-state index contributed by atoms with van der Waals surface area (Å²) in [5, 5.41) is -0.510. The van der Waals surface area contributed by atoms with Crippen LogP contribution in [0, 0.1) is 0 Å². The molecule has 0 heterocycles. The van der Waals surface area contributed by atoms with Crippen LogP contribution in [-0.4, -0.2) is 7.85 Å². The smallest absolute Gasteiger partial charge is 0.0622 e. The van der Waals surface area contributed by atoms with Crippen LogP contribution in [0.1, 0.15) is 16.7 Å². The Balaban J connectivity index is 2.07. The zero-order valence-electron chi connectivity index (χ0n) is 11.9. The zero-order chi connectivity index (χ0) is 14.5. The van der Waals surface area contributed by atoms with Gasteiger partial charge in [0.05, 0.1) is 7.85 Å². The van der Waals surface area contributed by atoms with E-state index >= 15 is 0 Å². The fourth-order valence-electron chi connectivity index (χ4n) is 2.76. The Labute approximate surface area is 127 Å². The van der Waals surface area contributed by atoms with Crippen LogP contribution < -0.4 is 0 Å². The molecule has 0 nitrogen and oxygen atoms in total. The minimum atomic E-state index is -0.510. The van der Waals surface area contributed by atoms with Crippen molar-refractivity contribution in [1.29, 1.82) is 0 Å². The van der Waals surface area contributed by atoms with E-state index in [1.165, 1.54) is 5.56 Å². The van der Waals surface area contributed by atoms with Crippen LogP contribution in [0.5, 0.6) is 0 Å². The van der Waals surface area contributed by atoms with E-state index in [1.807, 2.05) is 42.5 Å². The predicted molar refractivity (Wildman–Crippen MR) is 89.6 cm³/mol. The Hall–Kier alpha value is -2.28. The number of benzene rings is 3. The average Bonchev–Trinajstić information content (AvgIpc) is 2.57. The maximum atomic E-state index is 6.87. The summed E-state index contributed by atoms with van der Waals surface area (Å²) in [6, 6.07) is 31.1. The Morgan fingerprint density at radius 1 is 0.571 bits per heavy atom. The lowest BCUT2D eigenvalue weighted by molar-refractivity contribution is 0.719. The van der Waals surface area contributed by atoms with Crippen molar-refractivity contribution in [3.8, 4) is 0 Å². The third-order valence-corrected chi connectivity index (χ3v) is 3.90. The van der Waals surface area contributed by atoms with Gasteiger partial charge in [-0.05, 0) is 28.4 Å². The van der Waals surface area contributed by atoms with E-state index in [-0.39, 0.29) is 0 Å². The minimum absolute atomic E-state index is 0.510. The van der Waals surface area contributed by atoms with E-state index in [0.29, 0.717) is 0 Å². The molecule has 3 aromatic rings. The van der Waals surface area contributed by atoms with Gasteiger partial charge >= 0.3 is 0 Å². The molecule has 0 N–H and O–H groups in total. The van der Waals surface area contributed by atoms with Crippen LogP contribution in [0.3, 0.4) is 0 Å². The summed E-state index contributed by atoms with van der Waals surface area (Å²) in [4.78, 5) is 0. The number of rotatable bonds is 4. The van der Waals surface area contributed by atoms with Crippen molar-refractivity contribution in [1.82, 2.24) is 0 Å². The lowest BCUT2D eigenvalue weighted by atomic mass is 9.57. The van der Waals surface area contributed by atoms with Crippen LogP contribution >= 0.6 is 0 Å². The topological polar surface area (TPSA) is 0 Å². The number of hydrogen-bond acceptors (Lipinski definition) is 0. The van der Waals surface area contributed by atoms with Crippen molar-refractivity contribution >= 4 is 7.85 Å². The molecule has 0 spiro atoms. The Bertz CT molecular complexity index is 635. The average molecular weight is 268 g/mol. The van der Waals surface area contributed by atoms with Gasteiger partial charge in [0, 0.05) is 0 Å². The molecule has 2 radical (unpaired) electrons. The van der Waals surface area contributed by atoms with Gasteiger partial charge in [-0.15, -0.1) is 0 Å². The highest BCUT2D eigenvalue weighted by Crippen LogP contribution is 2.32. The highest BCUT2D eigenvalue weighted by atomic mass is 14.3. The molecule has 100 valence electrons.